The van der Waals surface area contributed by atoms with E-state index in [9.17, 15) is 5.53 Å². The Bertz CT molecular complexity index is 1620. The zero-order valence-corrected chi connectivity index (χ0v) is 44.0. The van der Waals surface area contributed by atoms with Crippen LogP contribution in [0.25, 0.3) is 16.9 Å². The predicted octanol–water partition coefficient (Wildman–Crippen LogP) is 18.1. The van der Waals surface area contributed by atoms with Crippen molar-refractivity contribution in [3.8, 4) is 11.8 Å². The van der Waals surface area contributed by atoms with Crippen LogP contribution in [-0.4, -0.2) is 39.8 Å². The van der Waals surface area contributed by atoms with Crippen molar-refractivity contribution in [2.45, 2.75) is 241 Å². The van der Waals surface area contributed by atoms with Crippen LogP contribution in [0.2, 0.25) is 0 Å². The van der Waals surface area contributed by atoms with Crippen LogP contribution in [-0.2, 0) is 27.7 Å². The molecule has 0 saturated carbocycles. The Kier molecular flexibility index (Phi) is 34.7. The zero-order valence-electron chi connectivity index (χ0n) is 43.1. The number of rotatable bonds is 36. The molecule has 3 rings (SSSR count). The first-order valence-corrected chi connectivity index (χ1v) is 27.9. The number of nitrogens with zero attached hydrogens (tertiary/aromatic N) is 4. The van der Waals surface area contributed by atoms with Gasteiger partial charge in [0.05, 0.1) is 0 Å². The van der Waals surface area contributed by atoms with Crippen molar-refractivity contribution in [2.75, 3.05) is 27.2 Å². The van der Waals surface area contributed by atoms with E-state index in [1.54, 1.807) is 14.9 Å². The monoisotopic (exact) mass is 921 g/mol. The van der Waals surface area contributed by atoms with Gasteiger partial charge in [0.25, 0.3) is 0 Å². The third-order valence-corrected chi connectivity index (χ3v) is 14.0. The molecule has 0 radical (unpaired) electrons. The molecule has 2 aromatic carbocycles. The fourth-order valence-corrected chi connectivity index (χ4v) is 9.38. The summed E-state index contributed by atoms with van der Waals surface area (Å²) in [5.41, 5.74) is 21.2. The Labute approximate surface area is 404 Å². The van der Waals surface area contributed by atoms with Crippen LogP contribution < -0.4 is 0 Å². The van der Waals surface area contributed by atoms with Crippen LogP contribution in [0.4, 0.5) is 0 Å². The van der Waals surface area contributed by atoms with E-state index in [1.807, 2.05) is 0 Å². The second-order valence-electron chi connectivity index (χ2n) is 18.5. The van der Waals surface area contributed by atoms with Gasteiger partial charge in [-0.2, -0.15) is 0 Å². The Morgan fingerprint density at radius 1 is 0.469 bits per heavy atom. The van der Waals surface area contributed by atoms with Crippen molar-refractivity contribution < 1.29 is 19.6 Å². The SMILES string of the molecule is CCCCCCCCCCCCCCCCCCC#CC1=C(c2cccc(CCCCC)c2)[N+](=[N-])C(c2cccc(CCCC)c2)=C1CCCCCCCC.CC[N](C)[Ni][N](C)CC. The molecule has 0 spiro atoms. The summed E-state index contributed by atoms with van der Waals surface area (Å²) in [5.74, 6) is 7.35. The Morgan fingerprint density at radius 3 is 1.33 bits per heavy atom. The number of allylic oxidation sites excluding steroid dienone is 2. The van der Waals surface area contributed by atoms with Crippen molar-refractivity contribution in [3.05, 3.63) is 87.5 Å². The van der Waals surface area contributed by atoms with Crippen LogP contribution in [0, 0.1) is 11.8 Å². The van der Waals surface area contributed by atoms with E-state index in [1.165, 1.54) is 182 Å². The second kappa shape index (κ2) is 38.6. The first kappa shape index (κ1) is 57.6. The van der Waals surface area contributed by atoms with Gasteiger partial charge in [-0.15, -0.1) is 0 Å². The van der Waals surface area contributed by atoms with Crippen LogP contribution in [0.1, 0.15) is 250 Å². The van der Waals surface area contributed by atoms with Crippen molar-refractivity contribution in [1.82, 2.24) is 7.96 Å². The number of unbranched alkanes of at least 4 members (excludes halogenated alkanes) is 24. The maximum absolute atomic E-state index is 12.2. The zero-order chi connectivity index (χ0) is 46.5. The molecule has 0 atom stereocenters. The molecule has 0 aliphatic carbocycles. The van der Waals surface area contributed by atoms with Gasteiger partial charge in [-0.25, -0.2) is 4.70 Å². The van der Waals surface area contributed by atoms with Crippen molar-refractivity contribution in [1.29, 1.82) is 0 Å². The molecule has 0 bridgehead atoms. The molecule has 0 unspecified atom stereocenters. The minimum absolute atomic E-state index is 0.881. The summed E-state index contributed by atoms with van der Waals surface area (Å²) in [6.45, 7) is 15.6. The number of benzene rings is 2. The van der Waals surface area contributed by atoms with Gasteiger partial charge in [0.1, 0.15) is 5.57 Å². The Hall–Kier alpha value is -2.51. The number of hydrogen-bond acceptors (Lipinski definition) is 2. The molecular formula is C59H98N4Ni. The van der Waals surface area contributed by atoms with E-state index < -0.39 is 0 Å². The molecule has 5 heteroatoms. The Balaban J connectivity index is 0.00000140. The third-order valence-electron chi connectivity index (χ3n) is 12.7. The van der Waals surface area contributed by atoms with E-state index in [4.69, 9.17) is 0 Å². The van der Waals surface area contributed by atoms with E-state index in [0.717, 1.165) is 79.7 Å². The molecule has 0 amide bonds. The molecule has 0 aromatic heterocycles. The normalized spacial score (nSPS) is 12.8. The summed E-state index contributed by atoms with van der Waals surface area (Å²) in [6.07, 6.45) is 39.7. The van der Waals surface area contributed by atoms with Gasteiger partial charge in [0.2, 0.25) is 11.4 Å². The van der Waals surface area contributed by atoms with Crippen molar-refractivity contribution in [3.63, 3.8) is 0 Å². The molecule has 2 aromatic rings. The van der Waals surface area contributed by atoms with Gasteiger partial charge in [0.15, 0.2) is 0 Å². The average Bonchev–Trinajstić information content (AvgIpc) is 3.59. The van der Waals surface area contributed by atoms with Gasteiger partial charge in [-0.1, -0.05) is 211 Å². The average molecular weight is 922 g/mol. The van der Waals surface area contributed by atoms with Gasteiger partial charge in [-0.3, -0.25) is 0 Å². The van der Waals surface area contributed by atoms with Crippen molar-refractivity contribution >= 4 is 11.4 Å². The Morgan fingerprint density at radius 2 is 0.859 bits per heavy atom. The van der Waals surface area contributed by atoms with Crippen LogP contribution in [0.5, 0.6) is 0 Å². The summed E-state index contributed by atoms with van der Waals surface area (Å²) in [4.78, 5) is 0. The minimum atomic E-state index is 0.881. The quantitative estimate of drug-likeness (QED) is 0.0295. The second-order valence-corrected chi connectivity index (χ2v) is 20.2. The standard InChI is InChI=1S/C53H82N2.2C3H8N.Ni/c1-5-9-13-15-17-18-19-20-21-22-23-24-25-26-27-28-30-33-43-51-50(42-32-29-16-14-10-6-2)52(48-40-34-38-46(44-48)36-12-8-4)55(54)53(51)49-41-35-39-47(45-49)37-31-11-7-3;2*1-3-4-2;/h34-35,38-41,44-45H,5-32,36-37,42H2,1-4H3;2*3H2,1-2H3;/q;2*-1;+2. The molecule has 1 heterocycles. The fraction of sp³-hybridized carbons (Fsp3) is 0.695. The van der Waals surface area contributed by atoms with E-state index in [-0.39, 0.29) is 0 Å². The molecule has 0 fully saturated rings. The van der Waals surface area contributed by atoms with Gasteiger partial charge in [0, 0.05) is 23.1 Å². The third kappa shape index (κ3) is 24.9. The summed E-state index contributed by atoms with van der Waals surface area (Å²) < 4.78 is 5.96. The topological polar surface area (TPSA) is 31.8 Å². The molecule has 64 heavy (non-hydrogen) atoms. The van der Waals surface area contributed by atoms with Crippen molar-refractivity contribution in [2.24, 2.45) is 0 Å². The molecular weight excluding hydrogens is 823 g/mol. The van der Waals surface area contributed by atoms with Crippen LogP contribution in [0.3, 0.4) is 0 Å². The molecule has 4 nitrogen and oxygen atoms in total. The predicted molar refractivity (Wildman–Crippen MR) is 279 cm³/mol. The van der Waals surface area contributed by atoms with E-state index >= 15 is 0 Å². The molecule has 0 N–H and O–H groups in total. The first-order valence-electron chi connectivity index (χ1n) is 27.0. The number of aryl methyl sites for hydroxylation is 2. The first-order chi connectivity index (χ1) is 31.3. The fourth-order valence-electron chi connectivity index (χ4n) is 8.52. The van der Waals surface area contributed by atoms with E-state index in [2.05, 4.69) is 124 Å². The molecule has 364 valence electrons. The molecule has 1 aliphatic heterocycles. The molecule has 0 saturated heterocycles. The van der Waals surface area contributed by atoms with Gasteiger partial charge in [-0.05, 0) is 80.3 Å². The summed E-state index contributed by atoms with van der Waals surface area (Å²) in [6, 6.07) is 17.9. The summed E-state index contributed by atoms with van der Waals surface area (Å²) in [7, 11) is 4.21. The maximum atomic E-state index is 12.2. The number of hydrogen-bond donors (Lipinski definition) is 0. The van der Waals surface area contributed by atoms with Crippen LogP contribution in [0.15, 0.2) is 59.7 Å². The summed E-state index contributed by atoms with van der Waals surface area (Å²) in [5, 5.41) is 0. The molecule has 1 aliphatic rings. The van der Waals surface area contributed by atoms with Crippen LogP contribution >= 0.6 is 0 Å². The van der Waals surface area contributed by atoms with Gasteiger partial charge >= 0.3 is 63.9 Å². The van der Waals surface area contributed by atoms with Gasteiger partial charge < -0.3 is 5.53 Å². The summed E-state index contributed by atoms with van der Waals surface area (Å²) >= 11 is 1.59. The van der Waals surface area contributed by atoms with E-state index in [0.29, 0.717) is 0 Å².